The summed E-state index contributed by atoms with van der Waals surface area (Å²) in [5.41, 5.74) is 8.11. The molecule has 164 valence electrons. The van der Waals surface area contributed by atoms with E-state index in [0.29, 0.717) is 5.92 Å². The molecule has 0 bridgehead atoms. The molecule has 2 aliphatic heterocycles. The molecule has 0 radical (unpaired) electrons. The van der Waals surface area contributed by atoms with Gasteiger partial charge in [0.05, 0.1) is 18.3 Å². The number of nitrogens with one attached hydrogen (secondary N) is 1. The third kappa shape index (κ3) is 6.70. The Labute approximate surface area is 175 Å². The molecule has 4 unspecified atom stereocenters. The van der Waals surface area contributed by atoms with E-state index < -0.39 is 14.0 Å². The van der Waals surface area contributed by atoms with E-state index in [-0.39, 0.29) is 28.0 Å². The van der Waals surface area contributed by atoms with Gasteiger partial charge in [-0.15, -0.1) is 0 Å². The minimum atomic E-state index is -2.03. The summed E-state index contributed by atoms with van der Waals surface area (Å²) >= 11 is 0. The van der Waals surface area contributed by atoms with Crippen molar-refractivity contribution in [2.24, 2.45) is 21.0 Å². The van der Waals surface area contributed by atoms with Gasteiger partial charge in [-0.25, -0.2) is 4.36 Å². The smallest absolute Gasteiger partial charge is 0.194 e. The number of hydrogen-bond donors (Lipinski definition) is 2. The highest BCUT2D eigenvalue weighted by Crippen LogP contribution is 2.41. The summed E-state index contributed by atoms with van der Waals surface area (Å²) in [6.45, 7) is 18.4. The van der Waals surface area contributed by atoms with Crippen LogP contribution in [0, 0.1) is 5.92 Å². The normalized spacial score (nSPS) is 28.4. The van der Waals surface area contributed by atoms with Crippen molar-refractivity contribution in [2.45, 2.75) is 90.0 Å². The van der Waals surface area contributed by atoms with Crippen LogP contribution in [0.4, 0.5) is 0 Å². The minimum Gasteiger partial charge on any atom is -0.396 e. The Morgan fingerprint density at radius 2 is 2.07 bits per heavy atom. The Hall–Kier alpha value is -0.123. The fourth-order valence-corrected chi connectivity index (χ4v) is 6.04. The van der Waals surface area contributed by atoms with E-state index in [9.17, 15) is 0 Å². The lowest BCUT2D eigenvalue weighted by Crippen LogP contribution is -2.59. The van der Waals surface area contributed by atoms with Crippen LogP contribution >= 0.6 is 0 Å². The van der Waals surface area contributed by atoms with Crippen LogP contribution in [0.15, 0.2) is 9.36 Å². The first-order valence-electron chi connectivity index (χ1n) is 10.7. The molecule has 0 aromatic rings. The standard InChI is InChI=1S/C20H42N4O2SSi/c1-16(2)8-10-20(21,26-28(6,7)19(3,4)5)18-23-15-27(24-18)13-9-17-14-22-11-12-25-17/h15-18,22H,8-14,21H2,1-7H3. The van der Waals surface area contributed by atoms with Crippen molar-refractivity contribution in [3.63, 3.8) is 0 Å². The van der Waals surface area contributed by atoms with Crippen molar-refractivity contribution >= 4 is 24.6 Å². The first kappa shape index (κ1) is 24.1. The van der Waals surface area contributed by atoms with E-state index in [1.807, 2.05) is 5.55 Å². The van der Waals surface area contributed by atoms with Crippen molar-refractivity contribution in [3.8, 4) is 0 Å². The van der Waals surface area contributed by atoms with Gasteiger partial charge in [0.1, 0.15) is 5.72 Å². The average Bonchev–Trinajstić information content (AvgIpc) is 3.08. The van der Waals surface area contributed by atoms with Crippen molar-refractivity contribution in [2.75, 3.05) is 25.4 Å². The predicted octanol–water partition coefficient (Wildman–Crippen LogP) is 3.65. The van der Waals surface area contributed by atoms with Crippen molar-refractivity contribution in [1.29, 1.82) is 0 Å². The lowest BCUT2D eigenvalue weighted by Gasteiger charge is -2.45. The number of ether oxygens (including phenoxy) is 1. The number of morpholine rings is 1. The quantitative estimate of drug-likeness (QED) is 0.432. The molecule has 1 saturated heterocycles. The Morgan fingerprint density at radius 1 is 1.36 bits per heavy atom. The molecule has 0 aliphatic carbocycles. The SMILES string of the molecule is CC(C)CCC(N)(O[Si](C)(C)C(C)(C)C)C1N=CS(CCC2CNCCO2)=N1. The predicted molar refractivity (Wildman–Crippen MR) is 123 cm³/mol. The van der Waals surface area contributed by atoms with E-state index in [2.05, 4.69) is 53.0 Å². The van der Waals surface area contributed by atoms with Crippen LogP contribution in [-0.4, -0.2) is 57.3 Å². The maximum atomic E-state index is 6.91. The maximum Gasteiger partial charge on any atom is 0.194 e. The zero-order chi connectivity index (χ0) is 21.0. The lowest BCUT2D eigenvalue weighted by molar-refractivity contribution is 0.0241. The highest BCUT2D eigenvalue weighted by molar-refractivity contribution is 8.00. The van der Waals surface area contributed by atoms with Gasteiger partial charge in [0.15, 0.2) is 14.5 Å². The summed E-state index contributed by atoms with van der Waals surface area (Å²) in [7, 11) is -2.22. The highest BCUT2D eigenvalue weighted by atomic mass is 32.2. The Balaban J connectivity index is 2.07. The molecule has 4 atom stereocenters. The van der Waals surface area contributed by atoms with Gasteiger partial charge in [-0.05, 0) is 43.3 Å². The number of aliphatic imine (C=N–C) groups is 1. The van der Waals surface area contributed by atoms with Gasteiger partial charge in [-0.1, -0.05) is 45.3 Å². The second-order valence-corrected chi connectivity index (χ2v) is 16.4. The van der Waals surface area contributed by atoms with Gasteiger partial charge in [-0.3, -0.25) is 4.99 Å². The van der Waals surface area contributed by atoms with Crippen LogP contribution in [-0.2, 0) is 19.9 Å². The van der Waals surface area contributed by atoms with Gasteiger partial charge in [0, 0.05) is 18.8 Å². The van der Waals surface area contributed by atoms with Crippen LogP contribution in [0.3, 0.4) is 0 Å². The van der Waals surface area contributed by atoms with E-state index in [1.165, 1.54) is 0 Å². The average molecular weight is 431 g/mol. The molecule has 0 aromatic carbocycles. The highest BCUT2D eigenvalue weighted by Gasteiger charge is 2.47. The molecular formula is C20H42N4O2SSi. The topological polar surface area (TPSA) is 81.2 Å². The summed E-state index contributed by atoms with van der Waals surface area (Å²) in [6.07, 6.45) is 2.80. The fraction of sp³-hybridized carbons (Fsp3) is 0.950. The summed E-state index contributed by atoms with van der Waals surface area (Å²) in [5, 5.41) is 3.49. The molecule has 0 amide bonds. The lowest BCUT2D eigenvalue weighted by atomic mass is 9.99. The molecule has 1 fully saturated rings. The molecule has 2 rings (SSSR count). The molecule has 2 aliphatic rings. The van der Waals surface area contributed by atoms with Gasteiger partial charge >= 0.3 is 0 Å². The summed E-state index contributed by atoms with van der Waals surface area (Å²) in [6, 6.07) is 0. The van der Waals surface area contributed by atoms with Crippen molar-refractivity contribution in [3.05, 3.63) is 0 Å². The summed E-state index contributed by atoms with van der Waals surface area (Å²) in [5.74, 6) is 1.55. The van der Waals surface area contributed by atoms with Crippen LogP contribution in [0.5, 0.6) is 0 Å². The van der Waals surface area contributed by atoms with Crippen LogP contribution in [0.2, 0.25) is 18.1 Å². The second-order valence-electron chi connectivity index (χ2n) is 10.1. The van der Waals surface area contributed by atoms with Crippen molar-refractivity contribution in [1.82, 2.24) is 5.32 Å². The third-order valence-corrected chi connectivity index (χ3v) is 12.0. The molecule has 28 heavy (non-hydrogen) atoms. The Bertz CT molecular complexity index is 571. The van der Waals surface area contributed by atoms with Crippen LogP contribution in [0.1, 0.15) is 53.9 Å². The number of rotatable bonds is 9. The molecule has 0 saturated carbocycles. The zero-order valence-corrected chi connectivity index (χ0v) is 20.8. The summed E-state index contributed by atoms with van der Waals surface area (Å²) in [4.78, 5) is 4.73. The number of nitrogens with zero attached hydrogens (tertiary/aromatic N) is 2. The van der Waals surface area contributed by atoms with E-state index in [0.717, 1.165) is 44.7 Å². The molecule has 8 heteroatoms. The maximum absolute atomic E-state index is 6.91. The summed E-state index contributed by atoms with van der Waals surface area (Å²) < 4.78 is 17.5. The first-order valence-corrected chi connectivity index (χ1v) is 15.0. The van der Waals surface area contributed by atoms with Gasteiger partial charge in [0.25, 0.3) is 0 Å². The monoisotopic (exact) mass is 430 g/mol. The number of nitrogens with two attached hydrogens (primary N) is 1. The molecule has 3 N–H and O–H groups in total. The van der Waals surface area contributed by atoms with Gasteiger partial charge in [0.2, 0.25) is 0 Å². The van der Waals surface area contributed by atoms with Gasteiger partial charge in [-0.2, -0.15) is 0 Å². The third-order valence-electron chi connectivity index (χ3n) is 6.01. The van der Waals surface area contributed by atoms with E-state index >= 15 is 0 Å². The molecule has 0 spiro atoms. The van der Waals surface area contributed by atoms with E-state index in [4.69, 9.17) is 24.3 Å². The minimum absolute atomic E-state index is 0.102. The van der Waals surface area contributed by atoms with Gasteiger partial charge < -0.3 is 20.2 Å². The van der Waals surface area contributed by atoms with Crippen LogP contribution < -0.4 is 11.1 Å². The largest absolute Gasteiger partial charge is 0.396 e. The number of hydrogen-bond acceptors (Lipinski definition) is 6. The van der Waals surface area contributed by atoms with Crippen LogP contribution in [0.25, 0.3) is 0 Å². The Morgan fingerprint density at radius 3 is 2.64 bits per heavy atom. The zero-order valence-electron chi connectivity index (χ0n) is 19.0. The first-order chi connectivity index (χ1) is 12.9. The van der Waals surface area contributed by atoms with Crippen molar-refractivity contribution < 1.29 is 9.16 Å². The molecule has 6 nitrogen and oxygen atoms in total. The fourth-order valence-electron chi connectivity index (χ4n) is 3.06. The Kier molecular flexibility index (Phi) is 8.44. The second kappa shape index (κ2) is 9.79. The molecule has 0 aromatic heterocycles. The molecule has 2 heterocycles. The molecular weight excluding hydrogens is 388 g/mol. The van der Waals surface area contributed by atoms with E-state index in [1.54, 1.807) is 0 Å².